The van der Waals surface area contributed by atoms with Gasteiger partial charge in [0.25, 0.3) is 0 Å². The van der Waals surface area contributed by atoms with Gasteiger partial charge in [0.05, 0.1) is 12.6 Å². The fourth-order valence-electron chi connectivity index (χ4n) is 2.04. The molecule has 1 amide bonds. The summed E-state index contributed by atoms with van der Waals surface area (Å²) in [6.45, 7) is 4.16. The van der Waals surface area contributed by atoms with Crippen molar-refractivity contribution in [2.24, 2.45) is 0 Å². The Morgan fingerprint density at radius 3 is 2.88 bits per heavy atom. The molecule has 0 radical (unpaired) electrons. The maximum atomic E-state index is 11.2. The number of hydrogen-bond donors (Lipinski definition) is 1. The maximum Gasteiger partial charge on any atom is 0.407 e. The molecule has 6 heteroatoms. The van der Waals surface area contributed by atoms with Crippen molar-refractivity contribution in [3.63, 3.8) is 0 Å². The predicted molar refractivity (Wildman–Crippen MR) is 57.4 cm³/mol. The van der Waals surface area contributed by atoms with E-state index in [9.17, 15) is 4.79 Å². The van der Waals surface area contributed by atoms with Gasteiger partial charge in [0.15, 0.2) is 5.79 Å². The van der Waals surface area contributed by atoms with Gasteiger partial charge in [-0.2, -0.15) is 0 Å². The van der Waals surface area contributed by atoms with Gasteiger partial charge in [0.2, 0.25) is 0 Å². The summed E-state index contributed by atoms with van der Waals surface area (Å²) in [5.74, 6) is -0.142. The van der Waals surface area contributed by atoms with Gasteiger partial charge >= 0.3 is 6.09 Å². The summed E-state index contributed by atoms with van der Waals surface area (Å²) in [4.78, 5) is 11.2. The molecule has 0 aromatic heterocycles. The number of rotatable bonds is 3. The first-order valence-electron chi connectivity index (χ1n) is 5.37. The van der Waals surface area contributed by atoms with Gasteiger partial charge in [-0.15, -0.1) is 11.6 Å². The lowest BCUT2D eigenvalue weighted by molar-refractivity contribution is -0.142. The molecule has 2 aliphatic heterocycles. The second-order valence-corrected chi connectivity index (χ2v) is 4.84. The molecule has 0 spiro atoms. The van der Waals surface area contributed by atoms with Crippen LogP contribution in [0.1, 0.15) is 20.3 Å². The van der Waals surface area contributed by atoms with E-state index in [-0.39, 0.29) is 18.2 Å². The number of nitrogens with one attached hydrogen (secondary N) is 1. The average Bonchev–Trinajstić information content (AvgIpc) is 2.70. The molecule has 5 nitrogen and oxygen atoms in total. The normalized spacial score (nSPS) is 37.2. The number of cyclic esters (lactones) is 1. The molecule has 2 rings (SSSR count). The Kier molecular flexibility index (Phi) is 3.28. The summed E-state index contributed by atoms with van der Waals surface area (Å²) in [6.07, 6.45) is -0.193. The van der Waals surface area contributed by atoms with Gasteiger partial charge < -0.3 is 19.5 Å². The number of alkyl carbamates (subject to hydrolysis) is 1. The zero-order valence-electron chi connectivity index (χ0n) is 9.36. The van der Waals surface area contributed by atoms with Gasteiger partial charge in [-0.25, -0.2) is 4.79 Å². The highest BCUT2D eigenvalue weighted by Crippen LogP contribution is 2.28. The van der Waals surface area contributed by atoms with Crippen LogP contribution in [0, 0.1) is 0 Å². The first kappa shape index (κ1) is 12.0. The first-order chi connectivity index (χ1) is 7.52. The predicted octanol–water partition coefficient (Wildman–Crippen LogP) is 1.24. The molecule has 2 saturated heterocycles. The number of amides is 1. The van der Waals surface area contributed by atoms with E-state index >= 15 is 0 Å². The minimum atomic E-state index is -0.594. The Bertz CT molecular complexity index is 284. The fraction of sp³-hybridized carbons (Fsp3) is 0.900. The Hall–Kier alpha value is -0.520. The second kappa shape index (κ2) is 4.39. The molecule has 1 N–H and O–H groups in total. The highest BCUT2D eigenvalue weighted by atomic mass is 35.5. The number of carbonyl (C=O) groups is 1. The topological polar surface area (TPSA) is 56.8 Å². The number of alkyl halides is 1. The molecule has 0 aromatic rings. The van der Waals surface area contributed by atoms with E-state index in [1.54, 1.807) is 0 Å². The van der Waals surface area contributed by atoms with Crippen LogP contribution in [0.4, 0.5) is 4.79 Å². The van der Waals surface area contributed by atoms with Crippen LogP contribution in [0.2, 0.25) is 0 Å². The molecule has 92 valence electrons. The van der Waals surface area contributed by atoms with Crippen LogP contribution in [-0.4, -0.2) is 42.6 Å². The van der Waals surface area contributed by atoms with Crippen molar-refractivity contribution in [1.82, 2.24) is 5.32 Å². The zero-order chi connectivity index (χ0) is 11.8. The molecule has 3 atom stereocenters. The minimum absolute atomic E-state index is 0.172. The summed E-state index contributed by atoms with van der Waals surface area (Å²) in [7, 11) is 0. The molecular weight excluding hydrogens is 234 g/mol. The van der Waals surface area contributed by atoms with E-state index in [1.165, 1.54) is 0 Å². The van der Waals surface area contributed by atoms with E-state index in [4.69, 9.17) is 25.8 Å². The summed E-state index contributed by atoms with van der Waals surface area (Å²) < 4.78 is 16.3. The van der Waals surface area contributed by atoms with Crippen LogP contribution in [0.5, 0.6) is 0 Å². The van der Waals surface area contributed by atoms with Crippen molar-refractivity contribution in [2.75, 3.05) is 12.5 Å². The Morgan fingerprint density at radius 1 is 1.56 bits per heavy atom. The molecule has 0 unspecified atom stereocenters. The van der Waals surface area contributed by atoms with Crippen molar-refractivity contribution < 1.29 is 19.0 Å². The summed E-state index contributed by atoms with van der Waals surface area (Å²) in [6, 6.07) is -0.173. The third kappa shape index (κ3) is 2.42. The Labute approximate surface area is 99.4 Å². The first-order valence-corrected chi connectivity index (χ1v) is 5.90. The molecule has 2 fully saturated rings. The van der Waals surface area contributed by atoms with Gasteiger partial charge in [0, 0.05) is 12.3 Å². The highest BCUT2D eigenvalue weighted by molar-refractivity contribution is 6.17. The van der Waals surface area contributed by atoms with Crippen molar-refractivity contribution >= 4 is 17.7 Å². The zero-order valence-corrected chi connectivity index (χ0v) is 10.1. The monoisotopic (exact) mass is 249 g/mol. The largest absolute Gasteiger partial charge is 0.444 e. The maximum absolute atomic E-state index is 11.2. The van der Waals surface area contributed by atoms with E-state index in [0.717, 1.165) is 0 Å². The minimum Gasteiger partial charge on any atom is -0.444 e. The Morgan fingerprint density at radius 2 is 2.31 bits per heavy atom. The van der Waals surface area contributed by atoms with Crippen molar-refractivity contribution in [3.05, 3.63) is 0 Å². The van der Waals surface area contributed by atoms with Crippen molar-refractivity contribution in [3.8, 4) is 0 Å². The van der Waals surface area contributed by atoms with E-state index < -0.39 is 11.9 Å². The van der Waals surface area contributed by atoms with Crippen LogP contribution in [0.15, 0.2) is 0 Å². The van der Waals surface area contributed by atoms with E-state index in [0.29, 0.717) is 18.9 Å². The standard InChI is InChI=1S/C10H16ClNO4/c1-10(2)14-5-7(16-10)8-6(3-4-11)15-9(13)12-8/h6-8H,3-5H2,1-2H3,(H,12,13)/t6-,7+,8+/m1/s1. The number of hydrogen-bond acceptors (Lipinski definition) is 4. The van der Waals surface area contributed by atoms with Crippen LogP contribution < -0.4 is 5.32 Å². The number of ether oxygens (including phenoxy) is 3. The van der Waals surface area contributed by atoms with Crippen LogP contribution >= 0.6 is 11.6 Å². The van der Waals surface area contributed by atoms with Crippen molar-refractivity contribution in [1.29, 1.82) is 0 Å². The number of halogens is 1. The van der Waals surface area contributed by atoms with Crippen LogP contribution in [-0.2, 0) is 14.2 Å². The quantitative estimate of drug-likeness (QED) is 0.765. The van der Waals surface area contributed by atoms with Crippen LogP contribution in [0.25, 0.3) is 0 Å². The van der Waals surface area contributed by atoms with E-state index in [2.05, 4.69) is 5.32 Å². The fourth-order valence-corrected chi connectivity index (χ4v) is 2.26. The van der Waals surface area contributed by atoms with Gasteiger partial charge in [-0.1, -0.05) is 0 Å². The van der Waals surface area contributed by atoms with Gasteiger partial charge in [0.1, 0.15) is 12.2 Å². The van der Waals surface area contributed by atoms with Gasteiger partial charge in [-0.05, 0) is 13.8 Å². The molecule has 0 saturated carbocycles. The molecule has 2 aliphatic rings. The smallest absolute Gasteiger partial charge is 0.407 e. The third-order valence-corrected chi connectivity index (χ3v) is 2.99. The molecule has 0 bridgehead atoms. The lowest BCUT2D eigenvalue weighted by atomic mass is 10.0. The van der Waals surface area contributed by atoms with Crippen molar-refractivity contribution in [2.45, 2.75) is 44.3 Å². The summed E-state index contributed by atoms with van der Waals surface area (Å²) in [5, 5.41) is 2.74. The Balaban J connectivity index is 2.00. The lowest BCUT2D eigenvalue weighted by Gasteiger charge is -2.23. The molecular formula is C10H16ClNO4. The average molecular weight is 250 g/mol. The summed E-state index contributed by atoms with van der Waals surface area (Å²) in [5.41, 5.74) is 0. The van der Waals surface area contributed by atoms with E-state index in [1.807, 2.05) is 13.8 Å². The SMILES string of the molecule is CC1(C)OC[C@@H]([C@H]2NC(=O)O[C@@H]2CCCl)O1. The highest BCUT2D eigenvalue weighted by Gasteiger charge is 2.45. The summed E-state index contributed by atoms with van der Waals surface area (Å²) >= 11 is 5.67. The van der Waals surface area contributed by atoms with Gasteiger partial charge in [-0.3, -0.25) is 0 Å². The van der Waals surface area contributed by atoms with Crippen LogP contribution in [0.3, 0.4) is 0 Å². The molecule has 16 heavy (non-hydrogen) atoms. The lowest BCUT2D eigenvalue weighted by Crippen LogP contribution is -2.44. The number of carbonyl (C=O) groups excluding carboxylic acids is 1. The molecule has 0 aromatic carbocycles. The second-order valence-electron chi connectivity index (χ2n) is 4.46. The molecule has 2 heterocycles. The molecule has 0 aliphatic carbocycles. The third-order valence-electron chi connectivity index (χ3n) is 2.77.